The number of benzene rings is 1. The number of hydrogen-bond acceptors (Lipinski definition) is 1. The summed E-state index contributed by atoms with van der Waals surface area (Å²) in [5, 5.41) is 0.517. The summed E-state index contributed by atoms with van der Waals surface area (Å²) >= 11 is 6.00. The lowest BCUT2D eigenvalue weighted by Crippen LogP contribution is -2.29. The molecular weight excluding hydrogens is 241 g/mol. The molecule has 1 amide bonds. The average Bonchev–Trinajstić information content (AvgIpc) is 2.50. The monoisotopic (exact) mass is 255 g/mol. The van der Waals surface area contributed by atoms with Gasteiger partial charge in [-0.2, -0.15) is 0 Å². The normalized spacial score (nSPS) is 17.1. The average molecular weight is 256 g/mol. The van der Waals surface area contributed by atoms with Gasteiger partial charge in [-0.25, -0.2) is 4.39 Å². The molecule has 17 heavy (non-hydrogen) atoms. The molecule has 1 heterocycles. The minimum Gasteiger partial charge on any atom is -0.338 e. The predicted molar refractivity (Wildman–Crippen MR) is 65.3 cm³/mol. The standard InChI is InChI=1S/C13H15ClFNO/c14-12-6-5-11(15)8-10(12)9-16-7-3-1-2-4-13(16)17/h5-6,8H,1-4,7,9H2. The minimum absolute atomic E-state index is 0.142. The molecule has 1 saturated heterocycles. The highest BCUT2D eigenvalue weighted by Gasteiger charge is 2.17. The molecular formula is C13H15ClFNO. The first-order chi connectivity index (χ1) is 8.16. The third-order valence-electron chi connectivity index (χ3n) is 3.04. The van der Waals surface area contributed by atoms with Gasteiger partial charge in [0.2, 0.25) is 5.91 Å². The van der Waals surface area contributed by atoms with Crippen molar-refractivity contribution in [2.75, 3.05) is 6.54 Å². The van der Waals surface area contributed by atoms with Crippen molar-refractivity contribution in [3.8, 4) is 0 Å². The van der Waals surface area contributed by atoms with E-state index in [4.69, 9.17) is 11.6 Å². The highest BCUT2D eigenvalue weighted by Crippen LogP contribution is 2.21. The Morgan fingerprint density at radius 3 is 2.94 bits per heavy atom. The highest BCUT2D eigenvalue weighted by molar-refractivity contribution is 6.31. The summed E-state index contributed by atoms with van der Waals surface area (Å²) in [6, 6.07) is 4.27. The van der Waals surface area contributed by atoms with E-state index in [1.54, 1.807) is 4.90 Å². The van der Waals surface area contributed by atoms with Gasteiger partial charge in [0.25, 0.3) is 0 Å². The van der Waals surface area contributed by atoms with Crippen LogP contribution in [-0.4, -0.2) is 17.4 Å². The maximum atomic E-state index is 13.1. The Hall–Kier alpha value is -1.09. The van der Waals surface area contributed by atoms with E-state index in [0.29, 0.717) is 23.6 Å². The van der Waals surface area contributed by atoms with Gasteiger partial charge in [0, 0.05) is 24.5 Å². The van der Waals surface area contributed by atoms with Gasteiger partial charge < -0.3 is 4.90 Å². The molecule has 0 aliphatic carbocycles. The zero-order valence-electron chi connectivity index (χ0n) is 9.59. The van der Waals surface area contributed by atoms with Crippen molar-refractivity contribution in [2.45, 2.75) is 32.2 Å². The lowest BCUT2D eigenvalue weighted by molar-refractivity contribution is -0.131. The molecule has 1 fully saturated rings. The highest BCUT2D eigenvalue weighted by atomic mass is 35.5. The third kappa shape index (κ3) is 3.19. The number of halogens is 2. The first-order valence-corrected chi connectivity index (χ1v) is 6.26. The van der Waals surface area contributed by atoms with E-state index in [1.165, 1.54) is 18.2 Å². The number of carbonyl (C=O) groups excluding carboxylic acids is 1. The minimum atomic E-state index is -0.313. The molecule has 1 aromatic rings. The molecule has 0 bridgehead atoms. The van der Waals surface area contributed by atoms with Crippen LogP contribution in [0.5, 0.6) is 0 Å². The Morgan fingerprint density at radius 2 is 2.12 bits per heavy atom. The summed E-state index contributed by atoms with van der Waals surface area (Å²) < 4.78 is 13.1. The van der Waals surface area contributed by atoms with Crippen LogP contribution in [0.4, 0.5) is 4.39 Å². The number of likely N-dealkylation sites (tertiary alicyclic amines) is 1. The summed E-state index contributed by atoms with van der Waals surface area (Å²) in [6.07, 6.45) is 3.64. The fraction of sp³-hybridized carbons (Fsp3) is 0.462. The summed E-state index contributed by atoms with van der Waals surface area (Å²) in [5.41, 5.74) is 0.682. The van der Waals surface area contributed by atoms with E-state index >= 15 is 0 Å². The molecule has 1 aromatic carbocycles. The molecule has 0 spiro atoms. The molecule has 0 unspecified atom stereocenters. The Bertz CT molecular complexity index is 422. The van der Waals surface area contributed by atoms with Gasteiger partial charge in [-0.15, -0.1) is 0 Å². The van der Waals surface area contributed by atoms with E-state index in [9.17, 15) is 9.18 Å². The van der Waals surface area contributed by atoms with Crippen LogP contribution in [-0.2, 0) is 11.3 Å². The van der Waals surface area contributed by atoms with Crippen LogP contribution in [0.3, 0.4) is 0 Å². The van der Waals surface area contributed by atoms with Crippen LogP contribution >= 0.6 is 11.6 Å². The van der Waals surface area contributed by atoms with Gasteiger partial charge in [0.05, 0.1) is 0 Å². The Kier molecular flexibility index (Phi) is 4.00. The number of hydrogen-bond donors (Lipinski definition) is 0. The molecule has 1 aliphatic heterocycles. The van der Waals surface area contributed by atoms with Crippen LogP contribution < -0.4 is 0 Å². The van der Waals surface area contributed by atoms with E-state index in [1.807, 2.05) is 0 Å². The quantitative estimate of drug-likeness (QED) is 0.793. The van der Waals surface area contributed by atoms with Crippen LogP contribution in [0.15, 0.2) is 18.2 Å². The second-order valence-electron chi connectivity index (χ2n) is 4.36. The van der Waals surface area contributed by atoms with Crippen LogP contribution in [0.25, 0.3) is 0 Å². The molecule has 0 aromatic heterocycles. The molecule has 4 heteroatoms. The van der Waals surface area contributed by atoms with E-state index in [-0.39, 0.29) is 11.7 Å². The summed E-state index contributed by atoms with van der Waals surface area (Å²) in [7, 11) is 0. The molecule has 92 valence electrons. The number of nitrogens with zero attached hydrogens (tertiary/aromatic N) is 1. The van der Waals surface area contributed by atoms with Crippen LogP contribution in [0.1, 0.15) is 31.2 Å². The van der Waals surface area contributed by atoms with Crippen molar-refractivity contribution in [1.29, 1.82) is 0 Å². The fourth-order valence-electron chi connectivity index (χ4n) is 2.08. The van der Waals surface area contributed by atoms with Crippen LogP contribution in [0, 0.1) is 5.82 Å². The molecule has 1 aliphatic rings. The largest absolute Gasteiger partial charge is 0.338 e. The first kappa shape index (κ1) is 12.4. The fourth-order valence-corrected chi connectivity index (χ4v) is 2.25. The zero-order chi connectivity index (χ0) is 12.3. The second kappa shape index (κ2) is 5.50. The van der Waals surface area contributed by atoms with E-state index in [0.717, 1.165) is 25.8 Å². The van der Waals surface area contributed by atoms with Gasteiger partial charge in [-0.3, -0.25) is 4.79 Å². The number of amides is 1. The molecule has 0 saturated carbocycles. The van der Waals surface area contributed by atoms with E-state index < -0.39 is 0 Å². The molecule has 2 nitrogen and oxygen atoms in total. The van der Waals surface area contributed by atoms with Gasteiger partial charge >= 0.3 is 0 Å². The lowest BCUT2D eigenvalue weighted by Gasteiger charge is -2.21. The molecule has 2 rings (SSSR count). The van der Waals surface area contributed by atoms with E-state index in [2.05, 4.69) is 0 Å². The van der Waals surface area contributed by atoms with Gasteiger partial charge in [0.1, 0.15) is 5.82 Å². The zero-order valence-corrected chi connectivity index (χ0v) is 10.3. The van der Waals surface area contributed by atoms with Crippen molar-refractivity contribution >= 4 is 17.5 Å². The second-order valence-corrected chi connectivity index (χ2v) is 4.77. The first-order valence-electron chi connectivity index (χ1n) is 5.88. The van der Waals surface area contributed by atoms with Gasteiger partial charge in [-0.05, 0) is 36.6 Å². The van der Waals surface area contributed by atoms with Gasteiger partial charge in [-0.1, -0.05) is 18.0 Å². The van der Waals surface area contributed by atoms with Crippen molar-refractivity contribution in [3.63, 3.8) is 0 Å². The summed E-state index contributed by atoms with van der Waals surface area (Å²) in [6.45, 7) is 1.15. The number of rotatable bonds is 2. The summed E-state index contributed by atoms with van der Waals surface area (Å²) in [4.78, 5) is 13.6. The SMILES string of the molecule is O=C1CCCCCN1Cc1cc(F)ccc1Cl. The topological polar surface area (TPSA) is 20.3 Å². The molecule has 0 radical (unpaired) electrons. The molecule has 0 atom stereocenters. The Balaban J connectivity index is 2.13. The number of carbonyl (C=O) groups is 1. The van der Waals surface area contributed by atoms with Crippen molar-refractivity contribution in [3.05, 3.63) is 34.6 Å². The van der Waals surface area contributed by atoms with Crippen molar-refractivity contribution < 1.29 is 9.18 Å². The predicted octanol–water partition coefficient (Wildman–Crippen LogP) is 3.38. The Morgan fingerprint density at radius 1 is 1.29 bits per heavy atom. The van der Waals surface area contributed by atoms with Crippen LogP contribution in [0.2, 0.25) is 5.02 Å². The Labute approximate surface area is 105 Å². The molecule has 0 N–H and O–H groups in total. The van der Waals surface area contributed by atoms with Crippen molar-refractivity contribution in [1.82, 2.24) is 4.90 Å². The van der Waals surface area contributed by atoms with Gasteiger partial charge in [0.15, 0.2) is 0 Å². The lowest BCUT2D eigenvalue weighted by atomic mass is 10.2. The van der Waals surface area contributed by atoms with Crippen molar-refractivity contribution in [2.24, 2.45) is 0 Å². The summed E-state index contributed by atoms with van der Waals surface area (Å²) in [5.74, 6) is -0.172. The smallest absolute Gasteiger partial charge is 0.222 e. The third-order valence-corrected chi connectivity index (χ3v) is 3.41. The maximum Gasteiger partial charge on any atom is 0.222 e. The maximum absolute atomic E-state index is 13.1.